The summed E-state index contributed by atoms with van der Waals surface area (Å²) in [5.41, 5.74) is 2.31. The fourth-order valence-corrected chi connectivity index (χ4v) is 2.73. The van der Waals surface area contributed by atoms with Crippen molar-refractivity contribution in [3.63, 3.8) is 0 Å². The van der Waals surface area contributed by atoms with Crippen molar-refractivity contribution in [2.24, 2.45) is 10.9 Å². The van der Waals surface area contributed by atoms with E-state index in [4.69, 9.17) is 0 Å². The van der Waals surface area contributed by atoms with E-state index >= 15 is 0 Å². The highest BCUT2D eigenvalue weighted by atomic mass is 19.4. The summed E-state index contributed by atoms with van der Waals surface area (Å²) in [7, 11) is 0. The van der Waals surface area contributed by atoms with Crippen LogP contribution in [0, 0.1) is 5.92 Å². The Morgan fingerprint density at radius 2 is 1.56 bits per heavy atom. The van der Waals surface area contributed by atoms with Gasteiger partial charge in [-0.2, -0.15) is 13.2 Å². The first kappa shape index (κ1) is 18.7. The Morgan fingerprint density at radius 3 is 2.04 bits per heavy atom. The van der Waals surface area contributed by atoms with Gasteiger partial charge >= 0.3 is 12.2 Å². The first-order chi connectivity index (χ1) is 12.8. The molecule has 2 amide bonds. The Kier molecular flexibility index (Phi) is 5.30. The molecule has 1 aliphatic rings. The molecule has 0 saturated heterocycles. The molecule has 0 aromatic heterocycles. The maximum absolute atomic E-state index is 12.5. The van der Waals surface area contributed by atoms with Gasteiger partial charge in [-0.15, -0.1) is 0 Å². The third-order valence-corrected chi connectivity index (χ3v) is 4.27. The number of carbonyl (C=O) groups is 1. The lowest BCUT2D eigenvalue weighted by atomic mass is 9.96. The number of carbonyl (C=O) groups excluding carboxylic acids is 1. The maximum atomic E-state index is 12.5. The van der Waals surface area contributed by atoms with Crippen LogP contribution < -0.4 is 10.6 Å². The van der Waals surface area contributed by atoms with Crippen molar-refractivity contribution < 1.29 is 18.0 Å². The summed E-state index contributed by atoms with van der Waals surface area (Å²) in [6.07, 6.45) is 0.297. The summed E-state index contributed by atoms with van der Waals surface area (Å²) >= 11 is 0. The Hall–Kier alpha value is -3.09. The molecule has 0 bridgehead atoms. The number of hydrogen-bond acceptors (Lipinski definition) is 2. The van der Waals surface area contributed by atoms with E-state index in [9.17, 15) is 18.0 Å². The smallest absolute Gasteiger partial charge is 0.308 e. The van der Waals surface area contributed by atoms with Crippen molar-refractivity contribution in [2.75, 3.05) is 10.6 Å². The number of aliphatic imine (C=N–C) groups is 1. The number of halogens is 3. The summed E-state index contributed by atoms with van der Waals surface area (Å²) in [6.45, 7) is 1.99. The minimum atomic E-state index is -4.40. The van der Waals surface area contributed by atoms with Crippen molar-refractivity contribution in [1.29, 1.82) is 0 Å². The highest BCUT2D eigenvalue weighted by Gasteiger charge is 2.29. The number of benzene rings is 2. The van der Waals surface area contributed by atoms with E-state index in [0.29, 0.717) is 11.6 Å². The van der Waals surface area contributed by atoms with Crippen molar-refractivity contribution >= 4 is 23.1 Å². The molecule has 0 spiro atoms. The molecule has 1 unspecified atom stereocenters. The summed E-state index contributed by atoms with van der Waals surface area (Å²) in [5.74, 6) is 0.298. The first-order valence-electron chi connectivity index (χ1n) is 8.36. The standard InChI is InChI=1S/C20H18F3N3O/c1-13-15(10-11-24-13)12-14-2-6-17(7-3-14)25-19(27)26-18-8-4-16(5-9-18)20(21,22)23/h2-11,15H,12H2,1H3,(H2,25,26,27). The van der Waals surface area contributed by atoms with Crippen LogP contribution in [0.3, 0.4) is 0 Å². The number of hydrogen-bond donors (Lipinski definition) is 2. The predicted molar refractivity (Wildman–Crippen MR) is 100.0 cm³/mol. The maximum Gasteiger partial charge on any atom is 0.416 e. The van der Waals surface area contributed by atoms with Gasteiger partial charge in [-0.1, -0.05) is 18.2 Å². The van der Waals surface area contributed by atoms with Gasteiger partial charge in [-0.25, -0.2) is 4.79 Å². The van der Waals surface area contributed by atoms with Crippen LogP contribution >= 0.6 is 0 Å². The number of nitrogens with one attached hydrogen (secondary N) is 2. The number of urea groups is 1. The molecule has 1 aliphatic heterocycles. The molecule has 0 saturated carbocycles. The quantitative estimate of drug-likeness (QED) is 0.731. The molecule has 0 aliphatic carbocycles. The van der Waals surface area contributed by atoms with Gasteiger partial charge in [-0.05, 0) is 55.3 Å². The topological polar surface area (TPSA) is 53.5 Å². The summed E-state index contributed by atoms with van der Waals surface area (Å²) in [5, 5.41) is 5.16. The Balaban J connectivity index is 1.55. The normalized spacial score (nSPS) is 16.1. The first-order valence-corrected chi connectivity index (χ1v) is 8.36. The van der Waals surface area contributed by atoms with Crippen LogP contribution in [-0.4, -0.2) is 11.7 Å². The lowest BCUT2D eigenvalue weighted by Crippen LogP contribution is -2.19. The van der Waals surface area contributed by atoms with E-state index in [1.165, 1.54) is 12.1 Å². The Labute approximate surface area is 154 Å². The Bertz CT molecular complexity index is 869. The van der Waals surface area contributed by atoms with Crippen molar-refractivity contribution in [1.82, 2.24) is 0 Å². The Morgan fingerprint density at radius 1 is 1.00 bits per heavy atom. The molecule has 2 aromatic rings. The minimum Gasteiger partial charge on any atom is -0.308 e. The van der Waals surface area contributed by atoms with Crippen LogP contribution in [0.5, 0.6) is 0 Å². The van der Waals surface area contributed by atoms with Crippen LogP contribution in [0.1, 0.15) is 18.1 Å². The van der Waals surface area contributed by atoms with Gasteiger partial charge in [-0.3, -0.25) is 4.99 Å². The number of nitrogens with zero attached hydrogens (tertiary/aromatic N) is 1. The number of rotatable bonds is 4. The van der Waals surface area contributed by atoms with Gasteiger partial charge in [0.05, 0.1) is 5.56 Å². The highest BCUT2D eigenvalue weighted by Crippen LogP contribution is 2.29. The number of allylic oxidation sites excluding steroid dienone is 1. The third kappa shape index (κ3) is 4.97. The number of alkyl halides is 3. The van der Waals surface area contributed by atoms with Gasteiger partial charge in [0.1, 0.15) is 0 Å². The van der Waals surface area contributed by atoms with Gasteiger partial charge in [0.15, 0.2) is 0 Å². The van der Waals surface area contributed by atoms with Crippen LogP contribution in [-0.2, 0) is 12.6 Å². The zero-order valence-electron chi connectivity index (χ0n) is 14.5. The molecule has 140 valence electrons. The molecule has 1 heterocycles. The molecule has 0 fully saturated rings. The zero-order valence-corrected chi connectivity index (χ0v) is 14.5. The second-order valence-electron chi connectivity index (χ2n) is 6.27. The van der Waals surface area contributed by atoms with E-state index in [-0.39, 0.29) is 5.69 Å². The SMILES string of the molecule is CC1=NC=CC1Cc1ccc(NC(=O)Nc2ccc(C(F)(F)F)cc2)cc1. The fourth-order valence-electron chi connectivity index (χ4n) is 2.73. The average Bonchev–Trinajstić information content (AvgIpc) is 3.01. The van der Waals surface area contributed by atoms with Gasteiger partial charge in [0.25, 0.3) is 0 Å². The van der Waals surface area contributed by atoms with E-state index in [0.717, 1.165) is 29.8 Å². The van der Waals surface area contributed by atoms with Crippen LogP contribution in [0.25, 0.3) is 0 Å². The van der Waals surface area contributed by atoms with Crippen LogP contribution in [0.4, 0.5) is 29.3 Å². The predicted octanol–water partition coefficient (Wildman–Crippen LogP) is 5.50. The van der Waals surface area contributed by atoms with Gasteiger partial charge < -0.3 is 10.6 Å². The van der Waals surface area contributed by atoms with E-state index in [2.05, 4.69) is 21.7 Å². The third-order valence-electron chi connectivity index (χ3n) is 4.27. The lowest BCUT2D eigenvalue weighted by molar-refractivity contribution is -0.137. The second kappa shape index (κ2) is 7.65. The number of anilines is 2. The van der Waals surface area contributed by atoms with Crippen LogP contribution in [0.15, 0.2) is 65.8 Å². The van der Waals surface area contributed by atoms with Gasteiger partial charge in [0.2, 0.25) is 0 Å². The minimum absolute atomic E-state index is 0.278. The zero-order chi connectivity index (χ0) is 19.4. The van der Waals surface area contributed by atoms with Gasteiger partial charge in [0, 0.05) is 29.2 Å². The monoisotopic (exact) mass is 373 g/mol. The molecule has 7 heteroatoms. The number of amides is 2. The summed E-state index contributed by atoms with van der Waals surface area (Å²) in [4.78, 5) is 16.2. The van der Waals surface area contributed by atoms with E-state index < -0.39 is 17.8 Å². The summed E-state index contributed by atoms with van der Waals surface area (Å²) < 4.78 is 37.6. The van der Waals surface area contributed by atoms with E-state index in [1.807, 2.05) is 25.3 Å². The van der Waals surface area contributed by atoms with Crippen molar-refractivity contribution in [3.05, 3.63) is 71.9 Å². The largest absolute Gasteiger partial charge is 0.416 e. The van der Waals surface area contributed by atoms with Crippen LogP contribution in [0.2, 0.25) is 0 Å². The molecule has 1 atom stereocenters. The second-order valence-corrected chi connectivity index (χ2v) is 6.27. The molecular weight excluding hydrogens is 355 g/mol. The average molecular weight is 373 g/mol. The molecule has 27 heavy (non-hydrogen) atoms. The summed E-state index contributed by atoms with van der Waals surface area (Å²) in [6, 6.07) is 11.2. The molecule has 2 N–H and O–H groups in total. The fraction of sp³-hybridized carbons (Fsp3) is 0.200. The van der Waals surface area contributed by atoms with Crippen molar-refractivity contribution in [3.8, 4) is 0 Å². The molecular formula is C20H18F3N3O. The molecule has 2 aromatic carbocycles. The molecule has 3 rings (SSSR count). The highest BCUT2D eigenvalue weighted by molar-refractivity contribution is 5.99. The molecule has 4 nitrogen and oxygen atoms in total. The molecule has 0 radical (unpaired) electrons. The van der Waals surface area contributed by atoms with Crippen molar-refractivity contribution in [2.45, 2.75) is 19.5 Å². The van der Waals surface area contributed by atoms with E-state index in [1.54, 1.807) is 12.1 Å². The lowest BCUT2D eigenvalue weighted by Gasteiger charge is -2.11.